The van der Waals surface area contributed by atoms with Crippen LogP contribution in [0.5, 0.6) is 0 Å². The van der Waals surface area contributed by atoms with Gasteiger partial charge in [-0.1, -0.05) is 15.9 Å². The van der Waals surface area contributed by atoms with Gasteiger partial charge in [-0.3, -0.25) is 5.32 Å². The van der Waals surface area contributed by atoms with E-state index in [1.54, 1.807) is 0 Å². The highest BCUT2D eigenvalue weighted by Gasteiger charge is 1.99. The predicted molar refractivity (Wildman–Crippen MR) is 51.3 cm³/mol. The number of rotatable bonds is 2. The summed E-state index contributed by atoms with van der Waals surface area (Å²) in [5.41, 5.74) is 7.17. The van der Waals surface area contributed by atoms with Gasteiger partial charge in [0.1, 0.15) is 0 Å². The highest BCUT2D eigenvalue weighted by atomic mass is 79.9. The molecule has 1 aromatic carbocycles. The van der Waals surface area contributed by atoms with E-state index >= 15 is 0 Å². The zero-order valence-corrected chi connectivity index (χ0v) is 7.93. The Balaban J connectivity index is 3.04. The van der Waals surface area contributed by atoms with Crippen LogP contribution in [0, 0.1) is 11.5 Å². The van der Waals surface area contributed by atoms with E-state index in [1.165, 1.54) is 0 Å². The van der Waals surface area contributed by atoms with Crippen molar-refractivity contribution in [3.05, 3.63) is 28.2 Å². The third kappa shape index (κ3) is 1.97. The van der Waals surface area contributed by atoms with Crippen molar-refractivity contribution in [3.63, 3.8) is 0 Å². The first-order valence-corrected chi connectivity index (χ1v) is 4.21. The standard InChI is InChI=1S/C8H8BrN3/c9-7-1-2-8(12-5-11)6(3-7)4-10/h1-3,12H,4,10H2. The van der Waals surface area contributed by atoms with Crippen molar-refractivity contribution in [1.82, 2.24) is 0 Å². The molecule has 0 fully saturated rings. The molecule has 0 aliphatic carbocycles. The van der Waals surface area contributed by atoms with E-state index in [0.717, 1.165) is 15.7 Å². The number of anilines is 1. The van der Waals surface area contributed by atoms with Crippen LogP contribution >= 0.6 is 15.9 Å². The number of hydrogen-bond donors (Lipinski definition) is 2. The maximum atomic E-state index is 8.40. The largest absolute Gasteiger partial charge is 0.326 e. The van der Waals surface area contributed by atoms with Crippen LogP contribution in [0.1, 0.15) is 5.56 Å². The van der Waals surface area contributed by atoms with Crippen LogP contribution in [0.4, 0.5) is 5.69 Å². The van der Waals surface area contributed by atoms with Crippen molar-refractivity contribution in [3.8, 4) is 6.19 Å². The summed E-state index contributed by atoms with van der Waals surface area (Å²) in [6, 6.07) is 5.56. The molecule has 0 spiro atoms. The molecule has 0 radical (unpaired) electrons. The maximum Gasteiger partial charge on any atom is 0.181 e. The average Bonchev–Trinajstić information content (AvgIpc) is 2.08. The van der Waals surface area contributed by atoms with Crippen molar-refractivity contribution in [2.45, 2.75) is 6.54 Å². The molecule has 1 aromatic rings. The maximum absolute atomic E-state index is 8.40. The first-order valence-electron chi connectivity index (χ1n) is 3.41. The summed E-state index contributed by atoms with van der Waals surface area (Å²) in [6.07, 6.45) is 1.86. The number of nitriles is 1. The lowest BCUT2D eigenvalue weighted by Crippen LogP contribution is -2.01. The van der Waals surface area contributed by atoms with E-state index in [9.17, 15) is 0 Å². The molecule has 0 bridgehead atoms. The number of halogens is 1. The Labute approximate surface area is 79.3 Å². The van der Waals surface area contributed by atoms with Gasteiger partial charge in [-0.15, -0.1) is 0 Å². The lowest BCUT2D eigenvalue weighted by atomic mass is 10.2. The molecule has 0 heterocycles. The van der Waals surface area contributed by atoms with E-state index in [4.69, 9.17) is 11.0 Å². The molecule has 12 heavy (non-hydrogen) atoms. The normalized spacial score (nSPS) is 9.08. The SMILES string of the molecule is N#CNc1ccc(Br)cc1CN. The number of benzene rings is 1. The Kier molecular flexibility index (Phi) is 3.09. The van der Waals surface area contributed by atoms with Gasteiger partial charge in [0.25, 0.3) is 0 Å². The molecular formula is C8H8BrN3. The third-order valence-electron chi connectivity index (χ3n) is 1.48. The van der Waals surface area contributed by atoms with Crippen molar-refractivity contribution in [1.29, 1.82) is 5.26 Å². The van der Waals surface area contributed by atoms with Crippen LogP contribution in [0.15, 0.2) is 22.7 Å². The molecule has 3 nitrogen and oxygen atoms in total. The molecule has 0 atom stereocenters. The highest BCUT2D eigenvalue weighted by molar-refractivity contribution is 9.10. The third-order valence-corrected chi connectivity index (χ3v) is 1.97. The number of hydrogen-bond acceptors (Lipinski definition) is 3. The zero-order valence-electron chi connectivity index (χ0n) is 6.34. The molecule has 1 rings (SSSR count). The van der Waals surface area contributed by atoms with E-state index in [2.05, 4.69) is 21.2 Å². The lowest BCUT2D eigenvalue weighted by Gasteiger charge is -2.04. The molecule has 0 saturated heterocycles. The monoisotopic (exact) mass is 225 g/mol. The Morgan fingerprint density at radius 1 is 1.58 bits per heavy atom. The Bertz CT molecular complexity index is 317. The predicted octanol–water partition coefficient (Wildman–Crippen LogP) is 1.80. The van der Waals surface area contributed by atoms with Crippen molar-refractivity contribution in [2.75, 3.05) is 5.32 Å². The van der Waals surface area contributed by atoms with Gasteiger partial charge in [0.05, 0.1) is 5.69 Å². The highest BCUT2D eigenvalue weighted by Crippen LogP contribution is 2.19. The van der Waals surface area contributed by atoms with Gasteiger partial charge in [0, 0.05) is 11.0 Å². The van der Waals surface area contributed by atoms with Crippen molar-refractivity contribution >= 4 is 21.6 Å². The minimum absolute atomic E-state index is 0.420. The molecule has 0 unspecified atom stereocenters. The number of nitrogens with two attached hydrogens (primary N) is 1. The fraction of sp³-hybridized carbons (Fsp3) is 0.125. The van der Waals surface area contributed by atoms with Gasteiger partial charge >= 0.3 is 0 Å². The van der Waals surface area contributed by atoms with Crippen LogP contribution in [0.3, 0.4) is 0 Å². The van der Waals surface area contributed by atoms with Crippen molar-refractivity contribution in [2.24, 2.45) is 5.73 Å². The minimum Gasteiger partial charge on any atom is -0.326 e. The minimum atomic E-state index is 0.420. The van der Waals surface area contributed by atoms with Crippen LogP contribution < -0.4 is 11.1 Å². The van der Waals surface area contributed by atoms with Gasteiger partial charge in [-0.25, -0.2) is 0 Å². The second kappa shape index (κ2) is 4.10. The van der Waals surface area contributed by atoms with E-state index in [0.29, 0.717) is 6.54 Å². The van der Waals surface area contributed by atoms with Crippen LogP contribution in [0.2, 0.25) is 0 Å². The Morgan fingerprint density at radius 2 is 2.33 bits per heavy atom. The van der Waals surface area contributed by atoms with Gasteiger partial charge in [-0.05, 0) is 23.8 Å². The van der Waals surface area contributed by atoms with Gasteiger partial charge in [0.15, 0.2) is 6.19 Å². The van der Waals surface area contributed by atoms with Gasteiger partial charge in [0.2, 0.25) is 0 Å². The van der Waals surface area contributed by atoms with Crippen LogP contribution in [-0.4, -0.2) is 0 Å². The van der Waals surface area contributed by atoms with Gasteiger partial charge < -0.3 is 5.73 Å². The first-order chi connectivity index (χ1) is 5.77. The second-order valence-electron chi connectivity index (χ2n) is 2.24. The van der Waals surface area contributed by atoms with E-state index < -0.39 is 0 Å². The van der Waals surface area contributed by atoms with Gasteiger partial charge in [-0.2, -0.15) is 5.26 Å². The topological polar surface area (TPSA) is 61.8 Å². The van der Waals surface area contributed by atoms with Crippen molar-refractivity contribution < 1.29 is 0 Å². The fourth-order valence-electron chi connectivity index (χ4n) is 0.913. The molecule has 62 valence electrons. The fourth-order valence-corrected chi connectivity index (χ4v) is 1.32. The summed E-state index contributed by atoms with van der Waals surface area (Å²) in [4.78, 5) is 0. The quantitative estimate of drug-likeness (QED) is 0.597. The summed E-state index contributed by atoms with van der Waals surface area (Å²) in [5, 5.41) is 11.0. The molecule has 0 aliphatic heterocycles. The summed E-state index contributed by atoms with van der Waals surface area (Å²) in [7, 11) is 0. The summed E-state index contributed by atoms with van der Waals surface area (Å²) in [5.74, 6) is 0. The molecular weight excluding hydrogens is 218 g/mol. The van der Waals surface area contributed by atoms with E-state index in [1.807, 2.05) is 24.4 Å². The first kappa shape index (κ1) is 9.04. The molecule has 0 amide bonds. The summed E-state index contributed by atoms with van der Waals surface area (Å²) in [6.45, 7) is 0.420. The lowest BCUT2D eigenvalue weighted by molar-refractivity contribution is 1.07. The Hall–Kier alpha value is -1.05. The number of nitrogens with zero attached hydrogens (tertiary/aromatic N) is 1. The molecule has 0 aliphatic rings. The van der Waals surface area contributed by atoms with E-state index in [-0.39, 0.29) is 0 Å². The molecule has 0 saturated carbocycles. The number of nitrogens with one attached hydrogen (secondary N) is 1. The molecule has 3 N–H and O–H groups in total. The average molecular weight is 226 g/mol. The zero-order chi connectivity index (χ0) is 8.97. The molecule has 0 aromatic heterocycles. The molecule has 4 heteroatoms. The summed E-state index contributed by atoms with van der Waals surface area (Å²) < 4.78 is 0.964. The van der Waals surface area contributed by atoms with Crippen LogP contribution in [0.25, 0.3) is 0 Å². The second-order valence-corrected chi connectivity index (χ2v) is 3.16. The van der Waals surface area contributed by atoms with Crippen LogP contribution in [-0.2, 0) is 6.54 Å². The smallest absolute Gasteiger partial charge is 0.181 e. The summed E-state index contributed by atoms with van der Waals surface area (Å²) >= 11 is 3.32. The Morgan fingerprint density at radius 3 is 2.92 bits per heavy atom.